The highest BCUT2D eigenvalue weighted by atomic mass is 32.1. The van der Waals surface area contributed by atoms with Crippen LogP contribution in [0, 0.1) is 0 Å². The minimum atomic E-state index is 0.580. The van der Waals surface area contributed by atoms with Gasteiger partial charge in [0.05, 0.1) is 12.2 Å². The Bertz CT molecular complexity index is 1280. The first-order valence-electron chi connectivity index (χ1n) is 9.24. The van der Waals surface area contributed by atoms with Crippen molar-refractivity contribution in [3.05, 3.63) is 90.3 Å². The lowest BCUT2D eigenvalue weighted by Crippen LogP contribution is -2.25. The van der Waals surface area contributed by atoms with E-state index in [1.165, 1.54) is 37.9 Å². The Morgan fingerprint density at radius 3 is 2.21 bits per heavy atom. The van der Waals surface area contributed by atoms with E-state index in [9.17, 15) is 0 Å². The highest BCUT2D eigenvalue weighted by Crippen LogP contribution is 2.36. The van der Waals surface area contributed by atoms with Gasteiger partial charge in [0, 0.05) is 12.7 Å². The summed E-state index contributed by atoms with van der Waals surface area (Å²) in [4.78, 5) is 6.53. The minimum absolute atomic E-state index is 0.580. The second-order valence-electron chi connectivity index (χ2n) is 7.04. The molecule has 4 aromatic carbocycles. The van der Waals surface area contributed by atoms with Gasteiger partial charge in [0.15, 0.2) is 0 Å². The fourth-order valence-corrected chi connectivity index (χ4v) is 4.29. The van der Waals surface area contributed by atoms with Crippen molar-refractivity contribution in [1.82, 2.24) is 9.88 Å². The molecule has 0 aliphatic carbocycles. The molecule has 0 saturated carbocycles. The van der Waals surface area contributed by atoms with Crippen molar-refractivity contribution in [2.75, 3.05) is 0 Å². The van der Waals surface area contributed by atoms with E-state index in [0.717, 1.165) is 5.69 Å². The molecule has 0 fully saturated rings. The first-order valence-corrected chi connectivity index (χ1v) is 10.1. The molecule has 0 unspecified atom stereocenters. The van der Waals surface area contributed by atoms with Gasteiger partial charge in [-0.3, -0.25) is 4.98 Å². The van der Waals surface area contributed by atoms with Crippen molar-refractivity contribution in [2.24, 2.45) is 0 Å². The van der Waals surface area contributed by atoms with Crippen molar-refractivity contribution in [3.63, 3.8) is 0 Å². The fourth-order valence-electron chi connectivity index (χ4n) is 4.02. The summed E-state index contributed by atoms with van der Waals surface area (Å²) in [6.07, 6.45) is 1.81. The predicted octanol–water partition coefficient (Wildman–Crippen LogP) is 6.20. The molecule has 0 atom stereocenters. The van der Waals surface area contributed by atoms with E-state index < -0.39 is 0 Å². The highest BCUT2D eigenvalue weighted by Gasteiger charge is 2.14. The first-order chi connectivity index (χ1) is 13.7. The van der Waals surface area contributed by atoms with Crippen LogP contribution in [0.2, 0.25) is 0 Å². The van der Waals surface area contributed by atoms with Gasteiger partial charge in [-0.15, -0.1) is 12.6 Å². The number of hydrogen-bond donors (Lipinski definition) is 1. The SMILES string of the molecule is S=C(S)N(Cc1ccccn1)Cc1ccc2ccc3cccc4ccc1c2c34. The lowest BCUT2D eigenvalue weighted by Gasteiger charge is -2.24. The topological polar surface area (TPSA) is 16.1 Å². The maximum absolute atomic E-state index is 5.42. The van der Waals surface area contributed by atoms with E-state index in [1.54, 1.807) is 0 Å². The normalized spacial score (nSPS) is 11.5. The predicted molar refractivity (Wildman–Crippen MR) is 125 cm³/mol. The van der Waals surface area contributed by atoms with Crippen molar-refractivity contribution >= 4 is 61.5 Å². The van der Waals surface area contributed by atoms with Crippen LogP contribution < -0.4 is 0 Å². The van der Waals surface area contributed by atoms with Crippen LogP contribution in [0.1, 0.15) is 11.3 Å². The zero-order chi connectivity index (χ0) is 19.1. The van der Waals surface area contributed by atoms with Gasteiger partial charge in [-0.05, 0) is 50.0 Å². The summed E-state index contributed by atoms with van der Waals surface area (Å²) in [6.45, 7) is 1.35. The van der Waals surface area contributed by atoms with Gasteiger partial charge in [0.1, 0.15) is 4.32 Å². The molecule has 2 nitrogen and oxygen atoms in total. The number of hydrogen-bond acceptors (Lipinski definition) is 2. The van der Waals surface area contributed by atoms with Crippen LogP contribution in [0.4, 0.5) is 0 Å². The summed E-state index contributed by atoms with van der Waals surface area (Å²) in [5.41, 5.74) is 2.23. The van der Waals surface area contributed by atoms with Crippen LogP contribution >= 0.6 is 24.8 Å². The van der Waals surface area contributed by atoms with Crippen LogP contribution in [-0.2, 0) is 13.1 Å². The number of benzene rings is 4. The second kappa shape index (κ2) is 7.04. The third kappa shape index (κ3) is 2.99. The van der Waals surface area contributed by atoms with Crippen LogP contribution in [0.3, 0.4) is 0 Å². The average Bonchev–Trinajstić information content (AvgIpc) is 2.73. The van der Waals surface area contributed by atoms with E-state index in [4.69, 9.17) is 12.2 Å². The zero-order valence-corrected chi connectivity index (χ0v) is 16.9. The molecule has 0 aliphatic heterocycles. The van der Waals surface area contributed by atoms with Gasteiger partial charge in [0.2, 0.25) is 0 Å². The third-order valence-corrected chi connectivity index (χ3v) is 5.87. The number of thiol groups is 1. The summed E-state index contributed by atoms with van der Waals surface area (Å²) in [5.74, 6) is 0. The molecule has 0 aliphatic rings. The second-order valence-corrected chi connectivity index (χ2v) is 8.15. The number of thiocarbonyl (C=S) groups is 1. The number of aromatic nitrogens is 1. The highest BCUT2D eigenvalue weighted by molar-refractivity contribution is 8.10. The van der Waals surface area contributed by atoms with Crippen molar-refractivity contribution in [3.8, 4) is 0 Å². The minimum Gasteiger partial charge on any atom is -0.347 e. The zero-order valence-electron chi connectivity index (χ0n) is 15.2. The molecule has 4 heteroatoms. The molecule has 0 radical (unpaired) electrons. The first kappa shape index (κ1) is 17.4. The van der Waals surface area contributed by atoms with Crippen LogP contribution in [0.25, 0.3) is 32.3 Å². The Morgan fingerprint density at radius 2 is 1.50 bits per heavy atom. The van der Waals surface area contributed by atoms with Crippen molar-refractivity contribution < 1.29 is 0 Å². The fraction of sp³-hybridized carbons (Fsp3) is 0.0833. The van der Waals surface area contributed by atoms with E-state index in [0.29, 0.717) is 17.4 Å². The van der Waals surface area contributed by atoms with Crippen molar-refractivity contribution in [1.29, 1.82) is 0 Å². The maximum atomic E-state index is 5.42. The number of rotatable bonds is 4. The Hall–Kier alpha value is -2.69. The molecule has 1 heterocycles. The smallest absolute Gasteiger partial charge is 0.133 e. The van der Waals surface area contributed by atoms with Crippen LogP contribution in [-0.4, -0.2) is 14.2 Å². The third-order valence-electron chi connectivity index (χ3n) is 5.33. The lowest BCUT2D eigenvalue weighted by molar-refractivity contribution is 0.417. The van der Waals surface area contributed by atoms with Gasteiger partial charge >= 0.3 is 0 Å². The molecule has 1 aromatic heterocycles. The molecular formula is C24H18N2S2. The molecule has 5 aromatic rings. The average molecular weight is 399 g/mol. The molecule has 0 spiro atoms. The summed E-state index contributed by atoms with van der Waals surface area (Å²) >= 11 is 9.90. The van der Waals surface area contributed by atoms with Gasteiger partial charge < -0.3 is 4.90 Å². The maximum Gasteiger partial charge on any atom is 0.133 e. The Morgan fingerprint density at radius 1 is 0.786 bits per heavy atom. The molecule has 0 N–H and O–H groups in total. The largest absolute Gasteiger partial charge is 0.347 e. The van der Waals surface area contributed by atoms with Gasteiger partial charge in [-0.25, -0.2) is 0 Å². The summed E-state index contributed by atoms with van der Waals surface area (Å²) < 4.78 is 0.580. The van der Waals surface area contributed by atoms with Gasteiger partial charge in [0.25, 0.3) is 0 Å². The monoisotopic (exact) mass is 398 g/mol. The Kier molecular flexibility index (Phi) is 4.38. The Labute approximate surface area is 174 Å². The molecule has 0 amide bonds. The van der Waals surface area contributed by atoms with Gasteiger partial charge in [-0.2, -0.15) is 0 Å². The van der Waals surface area contributed by atoms with E-state index in [1.807, 2.05) is 24.4 Å². The molecule has 28 heavy (non-hydrogen) atoms. The molecule has 136 valence electrons. The summed E-state index contributed by atoms with van der Waals surface area (Å²) in [6, 6.07) is 25.7. The van der Waals surface area contributed by atoms with E-state index in [2.05, 4.69) is 77.1 Å². The molecule has 0 bridgehead atoms. The molecular weight excluding hydrogens is 380 g/mol. The van der Waals surface area contributed by atoms with Crippen LogP contribution in [0.15, 0.2) is 79.0 Å². The standard InChI is InChI=1S/C24H18N2S2/c27-24(28)26(15-20-6-1-2-13-25-20)14-19-10-9-18-8-7-16-4-3-5-17-11-12-21(19)23(18)22(16)17/h1-13H,14-15H2,(H,27,28). The van der Waals surface area contributed by atoms with Crippen LogP contribution in [0.5, 0.6) is 0 Å². The van der Waals surface area contributed by atoms with Crippen molar-refractivity contribution in [2.45, 2.75) is 13.1 Å². The molecule has 5 rings (SSSR count). The van der Waals surface area contributed by atoms with E-state index in [-0.39, 0.29) is 0 Å². The number of pyridine rings is 1. The summed E-state index contributed by atoms with van der Waals surface area (Å²) in [7, 11) is 0. The quantitative estimate of drug-likeness (QED) is 0.221. The van der Waals surface area contributed by atoms with Gasteiger partial charge in [-0.1, -0.05) is 72.9 Å². The number of nitrogens with zero attached hydrogens (tertiary/aromatic N) is 2. The Balaban J connectivity index is 1.62. The molecule has 0 saturated heterocycles. The van der Waals surface area contributed by atoms with E-state index >= 15 is 0 Å². The lowest BCUT2D eigenvalue weighted by atomic mass is 9.92. The summed E-state index contributed by atoms with van der Waals surface area (Å²) in [5, 5.41) is 7.77.